The minimum Gasteiger partial charge on any atom is -0.506 e. The zero-order valence-electron chi connectivity index (χ0n) is 18.3. The molecule has 0 radical (unpaired) electrons. The number of hydrogen-bond acceptors (Lipinski definition) is 4. The normalized spacial score (nSPS) is 13.0. The molecule has 4 heteroatoms. The summed E-state index contributed by atoms with van der Waals surface area (Å²) >= 11 is 0. The van der Waals surface area contributed by atoms with Gasteiger partial charge in [-0.05, 0) is 70.1 Å². The van der Waals surface area contributed by atoms with Crippen molar-refractivity contribution in [3.8, 4) is 34.5 Å². The molecule has 0 heterocycles. The van der Waals surface area contributed by atoms with Crippen LogP contribution in [0.2, 0.25) is 0 Å². The molecular weight excluding hydrogens is 408 g/mol. The van der Waals surface area contributed by atoms with E-state index in [1.165, 1.54) is 0 Å². The number of fused-ring (bicyclic) bond motifs is 3. The first-order valence-electron chi connectivity index (χ1n) is 10.8. The second kappa shape index (κ2) is 7.65. The van der Waals surface area contributed by atoms with E-state index < -0.39 is 5.41 Å². The van der Waals surface area contributed by atoms with Gasteiger partial charge in [-0.2, -0.15) is 0 Å². The number of hydrogen-bond donors (Lipinski definition) is 4. The summed E-state index contributed by atoms with van der Waals surface area (Å²) < 4.78 is 0. The van der Waals surface area contributed by atoms with Crippen molar-refractivity contribution < 1.29 is 10.2 Å². The third-order valence-corrected chi connectivity index (χ3v) is 6.50. The van der Waals surface area contributed by atoms with Crippen molar-refractivity contribution in [2.24, 2.45) is 0 Å². The third kappa shape index (κ3) is 3.01. The number of aromatic hydroxyl groups is 2. The van der Waals surface area contributed by atoms with Crippen LogP contribution in [-0.4, -0.2) is 10.2 Å². The van der Waals surface area contributed by atoms with Crippen LogP contribution in [0.4, 0.5) is 11.4 Å². The molecule has 0 fully saturated rings. The minimum atomic E-state index is -0.731. The van der Waals surface area contributed by atoms with Crippen molar-refractivity contribution in [3.63, 3.8) is 0 Å². The third-order valence-electron chi connectivity index (χ3n) is 6.50. The van der Waals surface area contributed by atoms with E-state index >= 15 is 0 Å². The Hall–Kier alpha value is -4.36. The number of benzene rings is 4. The summed E-state index contributed by atoms with van der Waals surface area (Å²) in [6.45, 7) is 1.84. The van der Waals surface area contributed by atoms with Gasteiger partial charge in [-0.25, -0.2) is 0 Å². The van der Waals surface area contributed by atoms with Crippen LogP contribution in [0, 0.1) is 11.8 Å². The molecule has 0 saturated carbocycles. The van der Waals surface area contributed by atoms with E-state index in [0.29, 0.717) is 17.8 Å². The van der Waals surface area contributed by atoms with Crippen molar-refractivity contribution in [1.29, 1.82) is 0 Å². The lowest BCUT2D eigenvalue weighted by Crippen LogP contribution is -2.29. The first-order chi connectivity index (χ1) is 16.0. The summed E-state index contributed by atoms with van der Waals surface area (Å²) in [5, 5.41) is 20.3. The Morgan fingerprint density at radius 1 is 0.727 bits per heavy atom. The molecule has 162 valence electrons. The lowest BCUT2D eigenvalue weighted by Gasteiger charge is -2.34. The Kier molecular flexibility index (Phi) is 4.76. The Balaban J connectivity index is 1.93. The second-order valence-corrected chi connectivity index (χ2v) is 8.33. The van der Waals surface area contributed by atoms with Crippen LogP contribution in [0.15, 0.2) is 78.9 Å². The van der Waals surface area contributed by atoms with Gasteiger partial charge in [0.25, 0.3) is 0 Å². The number of anilines is 2. The molecule has 4 aromatic rings. The molecule has 4 nitrogen and oxygen atoms in total. The molecule has 1 aliphatic rings. The molecule has 0 aliphatic heterocycles. The molecule has 0 atom stereocenters. The quantitative estimate of drug-likeness (QED) is 0.179. The van der Waals surface area contributed by atoms with Gasteiger partial charge in [0, 0.05) is 6.42 Å². The zero-order valence-corrected chi connectivity index (χ0v) is 18.3. The molecule has 6 N–H and O–H groups in total. The number of nitrogens with two attached hydrogens (primary N) is 2. The van der Waals surface area contributed by atoms with Gasteiger partial charge in [0.2, 0.25) is 0 Å². The van der Waals surface area contributed by atoms with Crippen molar-refractivity contribution in [1.82, 2.24) is 0 Å². The SMILES string of the molecule is CC#CCc1ccc2c(c1)C(c1ccc(O)c(N)c1)(c1ccc(O)c(N)c1)c1ccccc1-2. The predicted molar refractivity (Wildman–Crippen MR) is 133 cm³/mol. The fourth-order valence-corrected chi connectivity index (χ4v) is 4.99. The molecule has 4 aromatic carbocycles. The Morgan fingerprint density at radius 2 is 1.33 bits per heavy atom. The van der Waals surface area contributed by atoms with Crippen LogP contribution in [0.1, 0.15) is 34.7 Å². The van der Waals surface area contributed by atoms with Gasteiger partial charge < -0.3 is 21.7 Å². The van der Waals surface area contributed by atoms with E-state index in [9.17, 15) is 10.2 Å². The highest BCUT2D eigenvalue weighted by atomic mass is 16.3. The van der Waals surface area contributed by atoms with Crippen molar-refractivity contribution in [3.05, 3.63) is 107 Å². The molecule has 0 aromatic heterocycles. The molecule has 1 aliphatic carbocycles. The van der Waals surface area contributed by atoms with Gasteiger partial charge in [0.15, 0.2) is 0 Å². The molecule has 0 saturated heterocycles. The van der Waals surface area contributed by atoms with E-state index in [4.69, 9.17) is 11.5 Å². The highest BCUT2D eigenvalue weighted by molar-refractivity contribution is 5.87. The van der Waals surface area contributed by atoms with E-state index in [-0.39, 0.29) is 11.5 Å². The number of rotatable bonds is 3. The molecule has 0 bridgehead atoms. The van der Waals surface area contributed by atoms with Gasteiger partial charge in [-0.15, -0.1) is 5.92 Å². The van der Waals surface area contributed by atoms with E-state index in [1.54, 1.807) is 12.1 Å². The van der Waals surface area contributed by atoms with Gasteiger partial charge in [-0.1, -0.05) is 60.5 Å². The maximum absolute atomic E-state index is 10.2. The first kappa shape index (κ1) is 20.5. The smallest absolute Gasteiger partial charge is 0.138 e. The second-order valence-electron chi connectivity index (χ2n) is 8.33. The van der Waals surface area contributed by atoms with Crippen molar-refractivity contribution >= 4 is 11.4 Å². The van der Waals surface area contributed by atoms with Gasteiger partial charge in [0.1, 0.15) is 11.5 Å². The summed E-state index contributed by atoms with van der Waals surface area (Å²) in [5.74, 6) is 6.21. The Labute approximate surface area is 193 Å². The lowest BCUT2D eigenvalue weighted by atomic mass is 9.67. The fourth-order valence-electron chi connectivity index (χ4n) is 4.99. The average Bonchev–Trinajstić information content (AvgIpc) is 3.12. The van der Waals surface area contributed by atoms with Crippen LogP contribution in [0.25, 0.3) is 11.1 Å². The average molecular weight is 433 g/mol. The molecule has 33 heavy (non-hydrogen) atoms. The largest absolute Gasteiger partial charge is 0.506 e. The summed E-state index contributed by atoms with van der Waals surface area (Å²) in [5.41, 5.74) is 19.6. The molecule has 0 unspecified atom stereocenters. The monoisotopic (exact) mass is 432 g/mol. The summed E-state index contributed by atoms with van der Waals surface area (Å²) in [7, 11) is 0. The topological polar surface area (TPSA) is 92.5 Å². The van der Waals surface area contributed by atoms with Crippen LogP contribution in [0.3, 0.4) is 0 Å². The van der Waals surface area contributed by atoms with Gasteiger partial charge in [-0.3, -0.25) is 0 Å². The number of phenolic OH excluding ortho intramolecular Hbond substituents is 2. The standard InChI is InChI=1S/C29H24N2O2/c1-2-3-6-18-9-12-22-21-7-4-5-8-23(21)29(24(22)15-18,19-10-13-27(32)25(30)16-19)20-11-14-28(33)26(31)17-20/h4-5,7-17,32-33H,6,30-31H2,1H3. The lowest BCUT2D eigenvalue weighted by molar-refractivity contribution is 0.477. The summed E-state index contributed by atoms with van der Waals surface area (Å²) in [6.07, 6.45) is 0.644. The summed E-state index contributed by atoms with van der Waals surface area (Å²) in [4.78, 5) is 0. The molecular formula is C29H24N2O2. The maximum atomic E-state index is 10.2. The van der Waals surface area contributed by atoms with Crippen LogP contribution >= 0.6 is 0 Å². The zero-order chi connectivity index (χ0) is 23.2. The van der Waals surface area contributed by atoms with Crippen molar-refractivity contribution in [2.45, 2.75) is 18.8 Å². The van der Waals surface area contributed by atoms with Gasteiger partial charge >= 0.3 is 0 Å². The maximum Gasteiger partial charge on any atom is 0.138 e. The molecule has 0 spiro atoms. The number of phenols is 2. The van der Waals surface area contributed by atoms with Crippen LogP contribution in [0.5, 0.6) is 11.5 Å². The first-order valence-corrected chi connectivity index (χ1v) is 10.8. The Bertz CT molecular complexity index is 1410. The van der Waals surface area contributed by atoms with E-state index in [0.717, 1.165) is 38.9 Å². The van der Waals surface area contributed by atoms with E-state index in [1.807, 2.05) is 43.3 Å². The molecule has 0 amide bonds. The van der Waals surface area contributed by atoms with Crippen LogP contribution in [-0.2, 0) is 11.8 Å². The van der Waals surface area contributed by atoms with E-state index in [2.05, 4.69) is 42.2 Å². The highest BCUT2D eigenvalue weighted by Crippen LogP contribution is 2.57. The van der Waals surface area contributed by atoms with Gasteiger partial charge in [0.05, 0.1) is 16.8 Å². The fraction of sp³-hybridized carbons (Fsp3) is 0.103. The Morgan fingerprint density at radius 3 is 1.94 bits per heavy atom. The van der Waals surface area contributed by atoms with Crippen LogP contribution < -0.4 is 11.5 Å². The highest BCUT2D eigenvalue weighted by Gasteiger charge is 2.46. The number of nitrogen functional groups attached to an aromatic ring is 2. The predicted octanol–water partition coefficient (Wildman–Crippen LogP) is 5.19. The van der Waals surface area contributed by atoms with Crippen molar-refractivity contribution in [2.75, 3.05) is 11.5 Å². The minimum absolute atomic E-state index is 0.0394. The molecule has 5 rings (SSSR count). The summed E-state index contributed by atoms with van der Waals surface area (Å²) in [6, 6.07) is 25.5.